The van der Waals surface area contributed by atoms with Crippen LogP contribution >= 0.6 is 22.9 Å². The summed E-state index contributed by atoms with van der Waals surface area (Å²) in [6.45, 7) is 1.96. The molecule has 0 spiro atoms. The molecule has 1 aliphatic rings. The number of halogens is 1. The van der Waals surface area contributed by atoms with Gasteiger partial charge in [0.2, 0.25) is 11.7 Å². The second-order valence-electron chi connectivity index (χ2n) is 7.17. The maximum absolute atomic E-state index is 12.8. The van der Waals surface area contributed by atoms with Crippen molar-refractivity contribution in [2.75, 3.05) is 11.9 Å². The Hall–Kier alpha value is -2.92. The number of rotatable bonds is 5. The van der Waals surface area contributed by atoms with Crippen LogP contribution in [0.25, 0.3) is 5.78 Å². The molecule has 3 aromatic rings. The predicted octanol–water partition coefficient (Wildman–Crippen LogP) is 1.29. The van der Waals surface area contributed by atoms with Crippen molar-refractivity contribution in [1.29, 1.82) is 0 Å². The molecular formula is C19H20ClN5O5S. The minimum atomic E-state index is -0.650. The Balaban J connectivity index is 1.69. The summed E-state index contributed by atoms with van der Waals surface area (Å²) in [5.41, 5.74) is 0.280. The van der Waals surface area contributed by atoms with Gasteiger partial charge in [0, 0.05) is 19.0 Å². The molecule has 0 saturated heterocycles. The molecule has 0 bridgehead atoms. The van der Waals surface area contributed by atoms with E-state index in [4.69, 9.17) is 16.3 Å². The molecule has 12 heteroatoms. The van der Waals surface area contributed by atoms with Gasteiger partial charge in [-0.15, -0.1) is 11.3 Å². The van der Waals surface area contributed by atoms with Gasteiger partial charge in [0.1, 0.15) is 5.00 Å². The third kappa shape index (κ3) is 3.47. The van der Waals surface area contributed by atoms with Crippen molar-refractivity contribution in [2.24, 2.45) is 14.1 Å². The highest BCUT2D eigenvalue weighted by Crippen LogP contribution is 2.39. The summed E-state index contributed by atoms with van der Waals surface area (Å²) in [7, 11) is 2.80. The number of anilines is 1. The quantitative estimate of drug-likeness (QED) is 0.567. The van der Waals surface area contributed by atoms with Gasteiger partial charge >= 0.3 is 17.3 Å². The van der Waals surface area contributed by atoms with Crippen LogP contribution in [-0.2, 0) is 42.9 Å². The Morgan fingerprint density at radius 3 is 2.65 bits per heavy atom. The fraction of sp³-hybridized carbons (Fsp3) is 0.421. The predicted molar refractivity (Wildman–Crippen MR) is 115 cm³/mol. The van der Waals surface area contributed by atoms with Crippen LogP contribution in [0.2, 0.25) is 5.15 Å². The second-order valence-corrected chi connectivity index (χ2v) is 8.64. The van der Waals surface area contributed by atoms with E-state index in [2.05, 4.69) is 10.3 Å². The molecule has 0 atom stereocenters. The maximum Gasteiger partial charge on any atom is 0.341 e. The van der Waals surface area contributed by atoms with Crippen LogP contribution in [0.4, 0.5) is 5.00 Å². The maximum atomic E-state index is 12.8. The molecule has 0 aromatic carbocycles. The third-order valence-electron chi connectivity index (χ3n) is 5.24. The summed E-state index contributed by atoms with van der Waals surface area (Å²) in [6.07, 6.45) is 2.31. The first-order chi connectivity index (χ1) is 14.7. The lowest BCUT2D eigenvalue weighted by atomic mass is 10.1. The number of aryl methyl sites for hydroxylation is 2. The molecule has 31 heavy (non-hydrogen) atoms. The van der Waals surface area contributed by atoms with Gasteiger partial charge in [-0.1, -0.05) is 11.6 Å². The van der Waals surface area contributed by atoms with Gasteiger partial charge in [0.15, 0.2) is 5.15 Å². The molecule has 1 aliphatic carbocycles. The number of amides is 1. The zero-order valence-corrected chi connectivity index (χ0v) is 18.7. The van der Waals surface area contributed by atoms with Crippen molar-refractivity contribution in [1.82, 2.24) is 18.5 Å². The molecule has 4 rings (SSSR count). The molecule has 0 fully saturated rings. The number of esters is 1. The van der Waals surface area contributed by atoms with Crippen molar-refractivity contribution < 1.29 is 14.3 Å². The zero-order chi connectivity index (χ0) is 22.4. The van der Waals surface area contributed by atoms with Crippen LogP contribution in [0.5, 0.6) is 0 Å². The third-order valence-corrected chi connectivity index (χ3v) is 6.75. The second kappa shape index (κ2) is 7.97. The van der Waals surface area contributed by atoms with E-state index in [0.29, 0.717) is 10.6 Å². The first-order valence-electron chi connectivity index (χ1n) is 9.68. The van der Waals surface area contributed by atoms with Crippen molar-refractivity contribution in [3.05, 3.63) is 47.8 Å². The van der Waals surface area contributed by atoms with Gasteiger partial charge < -0.3 is 10.1 Å². The van der Waals surface area contributed by atoms with E-state index in [1.54, 1.807) is 6.92 Å². The number of nitrogens with zero attached hydrogens (tertiary/aromatic N) is 4. The zero-order valence-electron chi connectivity index (χ0n) is 17.2. The van der Waals surface area contributed by atoms with E-state index in [9.17, 15) is 19.2 Å². The number of thiophene rings is 1. The Bertz CT molecular complexity index is 1350. The highest BCUT2D eigenvalue weighted by Gasteiger charge is 2.29. The number of fused-ring (bicyclic) bond motifs is 2. The van der Waals surface area contributed by atoms with Crippen LogP contribution in [0.3, 0.4) is 0 Å². The smallest absolute Gasteiger partial charge is 0.341 e. The Morgan fingerprint density at radius 2 is 1.94 bits per heavy atom. The summed E-state index contributed by atoms with van der Waals surface area (Å²) < 4.78 is 8.41. The molecule has 0 radical (unpaired) electrons. The fourth-order valence-corrected chi connectivity index (χ4v) is 5.29. The number of hydrogen-bond acceptors (Lipinski definition) is 7. The van der Waals surface area contributed by atoms with Gasteiger partial charge in [0.05, 0.1) is 24.3 Å². The lowest BCUT2D eigenvalue weighted by Crippen LogP contribution is -2.41. The van der Waals surface area contributed by atoms with Crippen LogP contribution in [0, 0.1) is 0 Å². The summed E-state index contributed by atoms with van der Waals surface area (Å²) in [5.74, 6) is -0.887. The van der Waals surface area contributed by atoms with Crippen molar-refractivity contribution >= 4 is 45.6 Å². The van der Waals surface area contributed by atoms with Gasteiger partial charge in [0.25, 0.3) is 0 Å². The topological polar surface area (TPSA) is 117 Å². The summed E-state index contributed by atoms with van der Waals surface area (Å²) in [6, 6.07) is 0. The van der Waals surface area contributed by atoms with E-state index < -0.39 is 23.3 Å². The number of nitrogens with one attached hydrogen (secondary N) is 1. The van der Waals surface area contributed by atoms with E-state index in [1.807, 2.05) is 0 Å². The van der Waals surface area contributed by atoms with Crippen molar-refractivity contribution in [3.8, 4) is 0 Å². The summed E-state index contributed by atoms with van der Waals surface area (Å²) in [5, 5.41) is 3.15. The number of ether oxygens (including phenoxy) is 1. The number of carbonyl (C=O) groups excluding carboxylic acids is 2. The number of hydrogen-bond donors (Lipinski definition) is 1. The number of carbonyl (C=O) groups is 2. The highest BCUT2D eigenvalue weighted by molar-refractivity contribution is 7.17. The monoisotopic (exact) mass is 465 g/mol. The first-order valence-corrected chi connectivity index (χ1v) is 10.9. The molecule has 3 aromatic heterocycles. The Labute approximate surface area is 185 Å². The molecule has 10 nitrogen and oxygen atoms in total. The number of aromatic nitrogens is 4. The standard InChI is InChI=1S/C19H20ClN5O5S/c1-4-30-16(27)13-9-6-5-7-11(9)31-15(13)21-12(26)8-10-14(20)22-17-23(2)18(28)24(3)19(29)25(10)17/h4-8H2,1-3H3,(H,21,26). The first kappa shape index (κ1) is 21.3. The largest absolute Gasteiger partial charge is 0.462 e. The highest BCUT2D eigenvalue weighted by atomic mass is 35.5. The van der Waals surface area contributed by atoms with Crippen LogP contribution < -0.4 is 16.7 Å². The molecule has 0 aliphatic heterocycles. The molecular weight excluding hydrogens is 446 g/mol. The average molecular weight is 466 g/mol. The van der Waals surface area contributed by atoms with Gasteiger partial charge in [-0.05, 0) is 31.7 Å². The molecule has 0 unspecified atom stereocenters. The molecule has 3 heterocycles. The van der Waals surface area contributed by atoms with Crippen LogP contribution in [-0.4, -0.2) is 37.0 Å². The SMILES string of the molecule is CCOC(=O)c1c(NC(=O)Cc2c(Cl)nc3n(C)c(=O)n(C)c(=O)n23)sc2c1CCC2. The van der Waals surface area contributed by atoms with E-state index >= 15 is 0 Å². The van der Waals surface area contributed by atoms with E-state index in [-0.39, 0.29) is 29.7 Å². The van der Waals surface area contributed by atoms with E-state index in [0.717, 1.165) is 38.7 Å². The molecule has 164 valence electrons. The van der Waals surface area contributed by atoms with E-state index in [1.165, 1.54) is 30.0 Å². The summed E-state index contributed by atoms with van der Waals surface area (Å²) >= 11 is 7.56. The minimum Gasteiger partial charge on any atom is -0.462 e. The normalized spacial score (nSPS) is 12.9. The van der Waals surface area contributed by atoms with Gasteiger partial charge in [-0.2, -0.15) is 4.98 Å². The average Bonchev–Trinajstić information content (AvgIpc) is 3.38. The van der Waals surface area contributed by atoms with Gasteiger partial charge in [-0.3, -0.25) is 9.36 Å². The molecule has 1 N–H and O–H groups in total. The lowest BCUT2D eigenvalue weighted by molar-refractivity contribution is -0.115. The Morgan fingerprint density at radius 1 is 1.19 bits per heavy atom. The van der Waals surface area contributed by atoms with Crippen molar-refractivity contribution in [2.45, 2.75) is 32.6 Å². The summed E-state index contributed by atoms with van der Waals surface area (Å²) in [4.78, 5) is 55.2. The van der Waals surface area contributed by atoms with Crippen LogP contribution in [0.1, 0.15) is 39.8 Å². The molecule has 0 saturated carbocycles. The Kier molecular flexibility index (Phi) is 5.48. The number of imidazole rings is 1. The fourth-order valence-electron chi connectivity index (χ4n) is 3.77. The molecule has 1 amide bonds. The van der Waals surface area contributed by atoms with Crippen molar-refractivity contribution in [3.63, 3.8) is 0 Å². The van der Waals surface area contributed by atoms with Gasteiger partial charge in [-0.25, -0.2) is 23.4 Å². The minimum absolute atomic E-state index is 0.0446. The van der Waals surface area contributed by atoms with Crippen LogP contribution in [0.15, 0.2) is 9.59 Å². The lowest BCUT2D eigenvalue weighted by Gasteiger charge is -2.09.